The smallest absolute Gasteiger partial charge is 0.232 e. The lowest BCUT2D eigenvalue weighted by Gasteiger charge is -2.34. The average Bonchev–Trinajstić information content (AvgIpc) is 3.46. The molecule has 2 aromatic carbocycles. The molecule has 210 valence electrons. The Kier molecular flexibility index (Phi) is 8.12. The third-order valence-corrected chi connectivity index (χ3v) is 9.55. The van der Waals surface area contributed by atoms with E-state index in [1.165, 1.54) is 42.4 Å². The molecular weight excluding hydrogens is 536 g/mol. The number of benzene rings is 2. The van der Waals surface area contributed by atoms with E-state index in [2.05, 4.69) is 75.9 Å². The SMILES string of the molecule is CC1CCN(c2cc(N3CCc4ccccc4C3)nc(NC(=S)NCC3(c4cccc(Cl)c4)CCCC3)n2)CC1. The van der Waals surface area contributed by atoms with Gasteiger partial charge in [-0.1, -0.05) is 67.8 Å². The number of fused-ring (bicyclic) bond motifs is 1. The zero-order chi connectivity index (χ0) is 27.5. The summed E-state index contributed by atoms with van der Waals surface area (Å²) in [4.78, 5) is 14.7. The van der Waals surface area contributed by atoms with Crippen molar-refractivity contribution in [2.75, 3.05) is 41.3 Å². The van der Waals surface area contributed by atoms with Gasteiger partial charge in [0.05, 0.1) is 0 Å². The Hall–Kier alpha value is -2.90. The van der Waals surface area contributed by atoms with Gasteiger partial charge in [-0.2, -0.15) is 9.97 Å². The van der Waals surface area contributed by atoms with E-state index in [0.29, 0.717) is 11.1 Å². The monoisotopic (exact) mass is 574 g/mol. The fraction of sp³-hybridized carbons (Fsp3) is 0.469. The maximum atomic E-state index is 6.37. The largest absolute Gasteiger partial charge is 0.361 e. The predicted molar refractivity (Wildman–Crippen MR) is 170 cm³/mol. The molecule has 3 heterocycles. The second-order valence-electron chi connectivity index (χ2n) is 11.8. The van der Waals surface area contributed by atoms with Crippen LogP contribution in [0.3, 0.4) is 0 Å². The summed E-state index contributed by atoms with van der Waals surface area (Å²) in [6.45, 7) is 6.93. The summed E-state index contributed by atoms with van der Waals surface area (Å²) < 4.78 is 0. The highest BCUT2D eigenvalue weighted by Crippen LogP contribution is 2.41. The van der Waals surface area contributed by atoms with E-state index >= 15 is 0 Å². The van der Waals surface area contributed by atoms with Crippen molar-refractivity contribution < 1.29 is 0 Å². The molecule has 3 aliphatic rings. The number of hydrogen-bond acceptors (Lipinski definition) is 5. The number of piperidine rings is 1. The van der Waals surface area contributed by atoms with Crippen molar-refractivity contribution in [2.45, 2.75) is 63.8 Å². The van der Waals surface area contributed by atoms with Gasteiger partial charge in [0.15, 0.2) is 5.11 Å². The third-order valence-electron chi connectivity index (χ3n) is 9.07. The highest BCUT2D eigenvalue weighted by molar-refractivity contribution is 7.80. The van der Waals surface area contributed by atoms with Gasteiger partial charge in [0.25, 0.3) is 0 Å². The minimum Gasteiger partial charge on any atom is -0.361 e. The second kappa shape index (κ2) is 11.9. The minimum atomic E-state index is 0.0379. The van der Waals surface area contributed by atoms with Crippen LogP contribution >= 0.6 is 23.8 Å². The van der Waals surface area contributed by atoms with Crippen molar-refractivity contribution in [3.8, 4) is 0 Å². The molecule has 2 aliphatic heterocycles. The summed E-state index contributed by atoms with van der Waals surface area (Å²) >= 11 is 12.2. The predicted octanol–water partition coefficient (Wildman–Crippen LogP) is 6.73. The van der Waals surface area contributed by atoms with Gasteiger partial charge in [0, 0.05) is 49.2 Å². The van der Waals surface area contributed by atoms with Crippen molar-refractivity contribution in [3.05, 3.63) is 76.3 Å². The number of hydrogen-bond donors (Lipinski definition) is 2. The molecule has 0 spiro atoms. The van der Waals surface area contributed by atoms with E-state index in [1.807, 2.05) is 6.07 Å². The lowest BCUT2D eigenvalue weighted by Crippen LogP contribution is -2.41. The summed E-state index contributed by atoms with van der Waals surface area (Å²) in [5.41, 5.74) is 4.13. The molecule has 0 unspecified atom stereocenters. The normalized spacial score (nSPS) is 18.9. The molecule has 0 atom stereocenters. The zero-order valence-electron chi connectivity index (χ0n) is 23.3. The summed E-state index contributed by atoms with van der Waals surface area (Å²) in [5, 5.41) is 8.22. The van der Waals surface area contributed by atoms with Crippen LogP contribution in [0.1, 0.15) is 62.1 Å². The Labute approximate surface area is 248 Å². The Morgan fingerprint density at radius 1 is 0.950 bits per heavy atom. The molecule has 2 N–H and O–H groups in total. The Morgan fingerprint density at radius 2 is 1.68 bits per heavy atom. The number of anilines is 3. The molecule has 1 saturated heterocycles. The van der Waals surface area contributed by atoms with Crippen LogP contribution in [0.2, 0.25) is 5.02 Å². The molecule has 0 bridgehead atoms. The maximum absolute atomic E-state index is 6.37. The fourth-order valence-electron chi connectivity index (χ4n) is 6.56. The first-order chi connectivity index (χ1) is 19.5. The molecule has 2 fully saturated rings. The maximum Gasteiger partial charge on any atom is 0.232 e. The van der Waals surface area contributed by atoms with Crippen LogP contribution in [0, 0.1) is 5.92 Å². The highest BCUT2D eigenvalue weighted by atomic mass is 35.5. The fourth-order valence-corrected chi connectivity index (χ4v) is 6.92. The minimum absolute atomic E-state index is 0.0379. The summed E-state index contributed by atoms with van der Waals surface area (Å²) in [6.07, 6.45) is 8.08. The van der Waals surface area contributed by atoms with Gasteiger partial charge >= 0.3 is 0 Å². The van der Waals surface area contributed by atoms with Gasteiger partial charge in [0.2, 0.25) is 5.95 Å². The van der Waals surface area contributed by atoms with E-state index < -0.39 is 0 Å². The lowest BCUT2D eigenvalue weighted by atomic mass is 9.79. The molecule has 1 aromatic heterocycles. The molecule has 0 amide bonds. The van der Waals surface area contributed by atoms with Gasteiger partial charge < -0.3 is 20.4 Å². The van der Waals surface area contributed by atoms with Crippen molar-refractivity contribution in [2.24, 2.45) is 5.92 Å². The number of aromatic nitrogens is 2. The topological polar surface area (TPSA) is 56.3 Å². The van der Waals surface area contributed by atoms with Crippen molar-refractivity contribution in [3.63, 3.8) is 0 Å². The highest BCUT2D eigenvalue weighted by Gasteiger charge is 2.36. The quantitative estimate of drug-likeness (QED) is 0.317. The summed E-state index contributed by atoms with van der Waals surface area (Å²) in [6, 6.07) is 19.2. The first-order valence-corrected chi connectivity index (χ1v) is 15.5. The Morgan fingerprint density at radius 3 is 2.42 bits per heavy atom. The van der Waals surface area contributed by atoms with Crippen LogP contribution in [0.4, 0.5) is 17.6 Å². The number of halogens is 1. The molecule has 1 saturated carbocycles. The van der Waals surface area contributed by atoms with Gasteiger partial charge in [-0.3, -0.25) is 0 Å². The molecule has 6 nitrogen and oxygen atoms in total. The third kappa shape index (κ3) is 6.06. The molecule has 6 rings (SSSR count). The van der Waals surface area contributed by atoms with Crippen LogP contribution in [-0.2, 0) is 18.4 Å². The van der Waals surface area contributed by atoms with Crippen LogP contribution < -0.4 is 20.4 Å². The average molecular weight is 575 g/mol. The first kappa shape index (κ1) is 27.3. The van der Waals surface area contributed by atoms with Gasteiger partial charge in [0.1, 0.15) is 11.6 Å². The lowest BCUT2D eigenvalue weighted by molar-refractivity contribution is 0.435. The molecule has 3 aromatic rings. The van der Waals surface area contributed by atoms with Gasteiger partial charge in [-0.05, 0) is 79.1 Å². The Bertz CT molecular complexity index is 1350. The number of thiocarbonyl (C=S) groups is 1. The van der Waals surface area contributed by atoms with E-state index in [9.17, 15) is 0 Å². The number of nitrogens with one attached hydrogen (secondary N) is 2. The van der Waals surface area contributed by atoms with Crippen LogP contribution in [0.15, 0.2) is 54.6 Å². The van der Waals surface area contributed by atoms with E-state index in [0.717, 1.165) is 74.6 Å². The Balaban J connectivity index is 1.21. The van der Waals surface area contributed by atoms with Gasteiger partial charge in [-0.25, -0.2) is 0 Å². The van der Waals surface area contributed by atoms with Crippen LogP contribution in [-0.4, -0.2) is 41.3 Å². The molecule has 0 radical (unpaired) electrons. The summed E-state index contributed by atoms with van der Waals surface area (Å²) in [7, 11) is 0. The first-order valence-electron chi connectivity index (χ1n) is 14.7. The molecule has 8 heteroatoms. The van der Waals surface area contributed by atoms with Gasteiger partial charge in [-0.15, -0.1) is 0 Å². The number of nitrogens with zero attached hydrogens (tertiary/aromatic N) is 4. The van der Waals surface area contributed by atoms with Crippen molar-refractivity contribution in [1.29, 1.82) is 0 Å². The van der Waals surface area contributed by atoms with E-state index in [1.54, 1.807) is 0 Å². The van der Waals surface area contributed by atoms with Crippen molar-refractivity contribution >= 4 is 46.5 Å². The van der Waals surface area contributed by atoms with E-state index in [-0.39, 0.29) is 5.41 Å². The number of rotatable bonds is 6. The van der Waals surface area contributed by atoms with Crippen LogP contribution in [0.5, 0.6) is 0 Å². The zero-order valence-corrected chi connectivity index (χ0v) is 24.9. The standard InChI is InChI=1S/C32H39ClN6S/c1-23-11-16-38(17-12-23)28-20-29(39-18-13-24-7-2-3-8-25(24)21-39)36-30(35-28)37-31(40)34-22-32(14-4-5-15-32)26-9-6-10-27(33)19-26/h2-3,6-10,19-20,23H,4-5,11-18,21-22H2,1H3,(H2,34,35,36,37,40). The summed E-state index contributed by atoms with van der Waals surface area (Å²) in [5.74, 6) is 3.25. The molecule has 40 heavy (non-hydrogen) atoms. The molecule has 1 aliphatic carbocycles. The molecular formula is C32H39ClN6S. The van der Waals surface area contributed by atoms with Crippen LogP contribution in [0.25, 0.3) is 0 Å². The second-order valence-corrected chi connectivity index (χ2v) is 12.7. The van der Waals surface area contributed by atoms with Crippen molar-refractivity contribution in [1.82, 2.24) is 15.3 Å². The van der Waals surface area contributed by atoms with E-state index in [4.69, 9.17) is 33.8 Å².